The molecule has 1 aromatic rings. The van der Waals surface area contributed by atoms with Crippen LogP contribution in [0.3, 0.4) is 0 Å². The second-order valence-corrected chi connectivity index (χ2v) is 7.27. The Morgan fingerprint density at radius 1 is 1.40 bits per heavy atom. The van der Waals surface area contributed by atoms with Gasteiger partial charge in [0.1, 0.15) is 6.61 Å². The van der Waals surface area contributed by atoms with Gasteiger partial charge in [0.15, 0.2) is 11.5 Å². The van der Waals surface area contributed by atoms with E-state index in [0.717, 1.165) is 0 Å². The monoisotopic (exact) mass is 428 g/mol. The van der Waals surface area contributed by atoms with Crippen molar-refractivity contribution in [3.63, 3.8) is 0 Å². The second-order valence-electron chi connectivity index (χ2n) is 5.43. The number of carbonyl (C=O) groups excluding carboxylic acids is 2. The molecule has 1 unspecified atom stereocenters. The Labute approximate surface area is 157 Å². The molecule has 2 N–H and O–H groups in total. The van der Waals surface area contributed by atoms with E-state index in [9.17, 15) is 9.59 Å². The minimum absolute atomic E-state index is 0.141. The van der Waals surface area contributed by atoms with E-state index in [1.165, 1.54) is 0 Å². The first kappa shape index (κ1) is 17.9. The Kier molecular flexibility index (Phi) is 5.43. The van der Waals surface area contributed by atoms with Gasteiger partial charge in [-0.15, -0.1) is 0 Å². The van der Waals surface area contributed by atoms with Gasteiger partial charge in [0, 0.05) is 15.9 Å². The minimum Gasteiger partial charge on any atom is -0.461 e. The topological polar surface area (TPSA) is 85.9 Å². The van der Waals surface area contributed by atoms with Crippen molar-refractivity contribution in [1.29, 1.82) is 0 Å². The van der Waals surface area contributed by atoms with Crippen LogP contribution in [0, 0.1) is 0 Å². The van der Waals surface area contributed by atoms with Crippen LogP contribution >= 0.6 is 27.7 Å². The highest BCUT2D eigenvalue weighted by Crippen LogP contribution is 2.41. The molecule has 0 saturated heterocycles. The summed E-state index contributed by atoms with van der Waals surface area (Å²) in [6, 6.07) is 2.48. The fourth-order valence-corrected chi connectivity index (χ4v) is 3.45. The largest absolute Gasteiger partial charge is 0.461 e. The summed E-state index contributed by atoms with van der Waals surface area (Å²) in [5.74, 6) is 1.42. The Morgan fingerprint density at radius 3 is 2.84 bits per heavy atom. The first-order chi connectivity index (χ1) is 12.0. The molecule has 3 rings (SSSR count). The highest BCUT2D eigenvalue weighted by Gasteiger charge is 2.34. The van der Waals surface area contributed by atoms with Gasteiger partial charge in [0.25, 0.3) is 0 Å². The number of hydrogen-bond acceptors (Lipinski definition) is 6. The zero-order chi connectivity index (χ0) is 18.0. The molecule has 25 heavy (non-hydrogen) atoms. The number of esters is 1. The molecule has 2 amide bonds. The summed E-state index contributed by atoms with van der Waals surface area (Å²) in [5, 5.41) is 5.40. The predicted octanol–water partition coefficient (Wildman–Crippen LogP) is 2.71. The molecule has 2 heterocycles. The molecule has 0 aliphatic carbocycles. The summed E-state index contributed by atoms with van der Waals surface area (Å²) in [6.07, 6.45) is 1.94. The van der Waals surface area contributed by atoms with Crippen LogP contribution in [0.5, 0.6) is 11.5 Å². The molecule has 134 valence electrons. The summed E-state index contributed by atoms with van der Waals surface area (Å²) in [7, 11) is 0. The van der Waals surface area contributed by atoms with Crippen molar-refractivity contribution >= 4 is 39.7 Å². The van der Waals surface area contributed by atoms with Crippen LogP contribution in [0.25, 0.3) is 0 Å². The van der Waals surface area contributed by atoms with Gasteiger partial charge in [-0.05, 0) is 30.9 Å². The molecule has 9 heteroatoms. The van der Waals surface area contributed by atoms with Gasteiger partial charge in [-0.2, -0.15) is 11.8 Å². The van der Waals surface area contributed by atoms with E-state index in [1.807, 2.05) is 6.26 Å². The van der Waals surface area contributed by atoms with Crippen LogP contribution in [0.15, 0.2) is 27.9 Å². The first-order valence-electron chi connectivity index (χ1n) is 7.54. The van der Waals surface area contributed by atoms with Crippen molar-refractivity contribution in [3.8, 4) is 11.5 Å². The fourth-order valence-electron chi connectivity index (χ4n) is 2.65. The fraction of sp³-hybridized carbons (Fsp3) is 0.375. The van der Waals surface area contributed by atoms with Crippen LogP contribution in [-0.2, 0) is 9.53 Å². The normalized spacial score (nSPS) is 18.7. The lowest BCUT2D eigenvalue weighted by Gasteiger charge is -2.28. The maximum Gasteiger partial charge on any atom is 0.338 e. The summed E-state index contributed by atoms with van der Waals surface area (Å²) in [4.78, 5) is 24.5. The smallest absolute Gasteiger partial charge is 0.338 e. The van der Waals surface area contributed by atoms with Gasteiger partial charge in [-0.3, -0.25) is 0 Å². The third-order valence-corrected chi connectivity index (χ3v) is 5.07. The maximum absolute atomic E-state index is 12.6. The second kappa shape index (κ2) is 7.57. The van der Waals surface area contributed by atoms with Gasteiger partial charge >= 0.3 is 12.0 Å². The Balaban J connectivity index is 1.96. The van der Waals surface area contributed by atoms with Crippen LogP contribution in [0.4, 0.5) is 4.79 Å². The average molecular weight is 429 g/mol. The van der Waals surface area contributed by atoms with Gasteiger partial charge in [0.05, 0.1) is 11.6 Å². The molecule has 1 atom stereocenters. The van der Waals surface area contributed by atoms with Gasteiger partial charge < -0.3 is 24.8 Å². The molecule has 2 aliphatic rings. The highest BCUT2D eigenvalue weighted by atomic mass is 79.9. The molecular weight excluding hydrogens is 412 g/mol. The number of benzene rings is 1. The van der Waals surface area contributed by atoms with E-state index in [-0.39, 0.29) is 12.8 Å². The number of urea groups is 1. The summed E-state index contributed by atoms with van der Waals surface area (Å²) >= 11 is 5.07. The number of nitrogens with one attached hydrogen (secondary N) is 2. The zero-order valence-electron chi connectivity index (χ0n) is 13.7. The van der Waals surface area contributed by atoms with Crippen molar-refractivity contribution in [1.82, 2.24) is 10.6 Å². The van der Waals surface area contributed by atoms with Crippen LogP contribution in [-0.4, -0.2) is 37.4 Å². The van der Waals surface area contributed by atoms with Gasteiger partial charge in [0.2, 0.25) is 6.79 Å². The molecule has 0 saturated carbocycles. The van der Waals surface area contributed by atoms with Crippen molar-refractivity contribution in [2.75, 3.05) is 25.4 Å². The van der Waals surface area contributed by atoms with E-state index in [2.05, 4.69) is 26.6 Å². The van der Waals surface area contributed by atoms with Gasteiger partial charge in [-0.25, -0.2) is 9.59 Å². The molecule has 7 nitrogen and oxygen atoms in total. The summed E-state index contributed by atoms with van der Waals surface area (Å²) in [5.41, 5.74) is 1.52. The molecule has 0 spiro atoms. The molecule has 1 aromatic carbocycles. The maximum atomic E-state index is 12.6. The quantitative estimate of drug-likeness (QED) is 0.553. The third kappa shape index (κ3) is 3.72. The first-order valence-corrected chi connectivity index (χ1v) is 9.73. The Morgan fingerprint density at radius 2 is 2.12 bits per heavy atom. The van der Waals surface area contributed by atoms with E-state index in [1.54, 1.807) is 30.8 Å². The molecule has 2 aliphatic heterocycles. The molecule has 0 aromatic heterocycles. The SMILES string of the molecule is CSCCOC(=O)C1=C(C)NC(=O)NC1c1cc2c(cc1Br)OCO2. The van der Waals surface area contributed by atoms with E-state index in [4.69, 9.17) is 14.2 Å². The number of carbonyl (C=O) groups is 2. The number of hydrogen-bond donors (Lipinski definition) is 2. The number of thioether (sulfide) groups is 1. The average Bonchev–Trinajstić information content (AvgIpc) is 3.00. The lowest BCUT2D eigenvalue weighted by Crippen LogP contribution is -2.45. The van der Waals surface area contributed by atoms with Crippen molar-refractivity contribution < 1.29 is 23.8 Å². The number of ether oxygens (including phenoxy) is 3. The predicted molar refractivity (Wildman–Crippen MR) is 96.7 cm³/mol. The standard InChI is InChI=1S/C16H17BrN2O5S/c1-8-13(15(20)22-3-4-25-2)14(19-16(21)18-8)9-5-11-12(6-10(9)17)24-7-23-11/h5-6,14H,3-4,7H2,1-2H3,(H2,18,19,21). The van der Waals surface area contributed by atoms with Crippen molar-refractivity contribution in [3.05, 3.63) is 33.4 Å². The lowest BCUT2D eigenvalue weighted by atomic mass is 9.95. The molecule has 0 radical (unpaired) electrons. The van der Waals surface area contributed by atoms with Gasteiger partial charge in [-0.1, -0.05) is 15.9 Å². The van der Waals surface area contributed by atoms with Crippen LogP contribution < -0.4 is 20.1 Å². The van der Waals surface area contributed by atoms with Crippen molar-refractivity contribution in [2.24, 2.45) is 0 Å². The number of amides is 2. The lowest BCUT2D eigenvalue weighted by molar-refractivity contribution is -0.138. The van der Waals surface area contributed by atoms with E-state index < -0.39 is 12.0 Å². The summed E-state index contributed by atoms with van der Waals surface area (Å²) in [6.45, 7) is 2.12. The number of rotatable bonds is 5. The Bertz CT molecular complexity index is 752. The molecule has 0 fully saturated rings. The summed E-state index contributed by atoms with van der Waals surface area (Å²) < 4.78 is 16.8. The van der Waals surface area contributed by atoms with Crippen LogP contribution in [0.1, 0.15) is 18.5 Å². The Hall–Kier alpha value is -1.87. The van der Waals surface area contributed by atoms with E-state index in [0.29, 0.717) is 45.2 Å². The highest BCUT2D eigenvalue weighted by molar-refractivity contribution is 9.10. The van der Waals surface area contributed by atoms with E-state index >= 15 is 0 Å². The van der Waals surface area contributed by atoms with Crippen LogP contribution in [0.2, 0.25) is 0 Å². The molecular formula is C16H17BrN2O5S. The zero-order valence-corrected chi connectivity index (χ0v) is 16.1. The number of fused-ring (bicyclic) bond motifs is 1. The minimum atomic E-state index is -0.653. The van der Waals surface area contributed by atoms with Crippen molar-refractivity contribution in [2.45, 2.75) is 13.0 Å². The third-order valence-electron chi connectivity index (χ3n) is 3.81. The number of halogens is 1. The molecule has 0 bridgehead atoms. The number of allylic oxidation sites excluding steroid dienone is 1.